The van der Waals surface area contributed by atoms with Crippen molar-refractivity contribution in [3.05, 3.63) is 89.7 Å². The molecule has 3 aromatic carbocycles. The van der Waals surface area contributed by atoms with Crippen molar-refractivity contribution in [3.8, 4) is 22.8 Å². The third kappa shape index (κ3) is 7.06. The summed E-state index contributed by atoms with van der Waals surface area (Å²) >= 11 is 1.61. The van der Waals surface area contributed by atoms with Crippen molar-refractivity contribution in [2.45, 2.75) is 64.3 Å². The monoisotopic (exact) mass is 648 g/mol. The summed E-state index contributed by atoms with van der Waals surface area (Å²) in [6.45, 7) is 7.33. The number of rotatable bonds is 7. The van der Waals surface area contributed by atoms with Crippen molar-refractivity contribution < 1.29 is 22.7 Å². The molecular weight excluding hydrogens is 613 g/mol. The molecular formula is C34H35F3N6O2S. The van der Waals surface area contributed by atoms with Crippen LogP contribution in [0.15, 0.2) is 78.0 Å². The van der Waals surface area contributed by atoms with Crippen LogP contribution in [0.25, 0.3) is 17.1 Å². The molecule has 240 valence electrons. The van der Waals surface area contributed by atoms with Gasteiger partial charge in [0.1, 0.15) is 12.1 Å². The molecule has 0 spiro atoms. The minimum Gasteiger partial charge on any atom is -0.406 e. The van der Waals surface area contributed by atoms with E-state index in [0.29, 0.717) is 17.4 Å². The number of urea groups is 1. The fraction of sp³-hybridized carbons (Fsp3) is 0.353. The maximum absolute atomic E-state index is 13.2. The molecule has 1 aromatic heterocycles. The number of nitrogens with one attached hydrogen (secondary N) is 1. The summed E-state index contributed by atoms with van der Waals surface area (Å²) < 4.78 is 42.8. The smallest absolute Gasteiger partial charge is 0.406 e. The molecule has 12 heteroatoms. The largest absolute Gasteiger partial charge is 0.573 e. The van der Waals surface area contributed by atoms with E-state index in [-0.39, 0.29) is 23.7 Å². The Morgan fingerprint density at radius 1 is 1.07 bits per heavy atom. The van der Waals surface area contributed by atoms with E-state index in [0.717, 1.165) is 53.5 Å². The highest BCUT2D eigenvalue weighted by Gasteiger charge is 2.32. The van der Waals surface area contributed by atoms with Crippen LogP contribution in [-0.2, 0) is 0 Å². The van der Waals surface area contributed by atoms with Crippen LogP contribution >= 0.6 is 11.8 Å². The van der Waals surface area contributed by atoms with Gasteiger partial charge in [-0.2, -0.15) is 4.99 Å². The van der Waals surface area contributed by atoms with Gasteiger partial charge in [-0.05, 0) is 72.7 Å². The number of hydrogen-bond donors (Lipinski definition) is 1. The highest BCUT2D eigenvalue weighted by Crippen LogP contribution is 2.37. The predicted molar refractivity (Wildman–Crippen MR) is 175 cm³/mol. The van der Waals surface area contributed by atoms with Gasteiger partial charge < -0.3 is 15.0 Å². The number of thioether (sulfide) groups is 1. The number of ether oxygens (including phenoxy) is 1. The van der Waals surface area contributed by atoms with Gasteiger partial charge >= 0.3 is 12.4 Å². The lowest BCUT2D eigenvalue weighted by molar-refractivity contribution is -0.274. The molecule has 2 aliphatic rings. The van der Waals surface area contributed by atoms with E-state index in [1.807, 2.05) is 24.3 Å². The van der Waals surface area contributed by atoms with Crippen LogP contribution in [0.2, 0.25) is 0 Å². The first kappa shape index (κ1) is 31.7. The molecule has 8 nitrogen and oxygen atoms in total. The average molecular weight is 649 g/mol. The predicted octanol–water partition coefficient (Wildman–Crippen LogP) is 8.22. The number of halogens is 3. The third-order valence-electron chi connectivity index (χ3n) is 8.39. The Balaban J connectivity index is 1.11. The molecule has 2 heterocycles. The average Bonchev–Trinajstić information content (AvgIpc) is 3.78. The zero-order chi connectivity index (χ0) is 32.4. The van der Waals surface area contributed by atoms with E-state index in [1.165, 1.54) is 46.4 Å². The molecule has 1 aliphatic heterocycles. The number of aryl methyl sites for hydroxylation is 1. The van der Waals surface area contributed by atoms with Crippen LogP contribution in [0.1, 0.15) is 61.6 Å². The van der Waals surface area contributed by atoms with Gasteiger partial charge in [-0.15, -0.1) is 18.3 Å². The molecule has 2 atom stereocenters. The van der Waals surface area contributed by atoms with E-state index >= 15 is 0 Å². The third-order valence-corrected chi connectivity index (χ3v) is 9.35. The van der Waals surface area contributed by atoms with Crippen LogP contribution in [0, 0.1) is 6.92 Å². The number of anilines is 1. The Kier molecular flexibility index (Phi) is 9.08. The number of hydrogen-bond acceptors (Lipinski definition) is 5. The number of aliphatic imine (C=N–C) groups is 1. The van der Waals surface area contributed by atoms with Crippen LogP contribution in [0.4, 0.5) is 23.7 Å². The first-order chi connectivity index (χ1) is 22.1. The fourth-order valence-corrected chi connectivity index (χ4v) is 7.33. The lowest BCUT2D eigenvalue weighted by Crippen LogP contribution is -2.36. The van der Waals surface area contributed by atoms with E-state index in [4.69, 9.17) is 0 Å². The van der Waals surface area contributed by atoms with Gasteiger partial charge in [0.2, 0.25) is 0 Å². The van der Waals surface area contributed by atoms with Crippen molar-refractivity contribution in [2.75, 3.05) is 17.2 Å². The first-order valence-electron chi connectivity index (χ1n) is 15.3. The van der Waals surface area contributed by atoms with E-state index in [2.05, 4.69) is 69.0 Å². The number of amidine groups is 1. The van der Waals surface area contributed by atoms with E-state index in [9.17, 15) is 18.0 Å². The number of carbonyl (C=O) groups excluding carboxylic acids is 1. The fourth-order valence-electron chi connectivity index (χ4n) is 6.38. The van der Waals surface area contributed by atoms with Gasteiger partial charge in [0.05, 0.1) is 5.69 Å². The number of carbonyl (C=O) groups is 1. The molecule has 0 bridgehead atoms. The molecule has 2 fully saturated rings. The van der Waals surface area contributed by atoms with Crippen LogP contribution < -0.4 is 15.0 Å². The summed E-state index contributed by atoms with van der Waals surface area (Å²) in [4.78, 5) is 24.3. The van der Waals surface area contributed by atoms with Gasteiger partial charge in [0.25, 0.3) is 0 Å². The van der Waals surface area contributed by atoms with Crippen molar-refractivity contribution in [1.82, 2.24) is 20.1 Å². The first-order valence-corrected chi connectivity index (χ1v) is 16.3. The van der Waals surface area contributed by atoms with Crippen molar-refractivity contribution >= 4 is 28.6 Å². The lowest BCUT2D eigenvalue weighted by atomic mass is 9.93. The highest BCUT2D eigenvalue weighted by molar-refractivity contribution is 8.14. The molecule has 0 radical (unpaired) electrons. The standard InChI is InChI=1S/C34H35F3N6O2S/c1-21(2)30-22(3)6-4-9-29(30)42-18-19-46-33(42)40-32(44)39-28-8-5-7-27(28)23-10-12-24(13-11-23)31-38-20-43(41-31)25-14-16-26(17-15-25)45-34(35,36)37/h4,6,9-17,20-21,27-28H,5,7-8,18-19H2,1-3H3,(H,39,44). The van der Waals surface area contributed by atoms with Crippen molar-refractivity contribution in [1.29, 1.82) is 0 Å². The molecule has 1 saturated heterocycles. The number of amides is 2. The Morgan fingerprint density at radius 3 is 2.54 bits per heavy atom. The van der Waals surface area contributed by atoms with Gasteiger partial charge in [-0.3, -0.25) is 0 Å². The van der Waals surface area contributed by atoms with E-state index < -0.39 is 6.36 Å². The number of aromatic nitrogens is 3. The summed E-state index contributed by atoms with van der Waals surface area (Å²) in [5.41, 5.74) is 6.13. The van der Waals surface area contributed by atoms with Gasteiger partial charge in [0, 0.05) is 35.5 Å². The van der Waals surface area contributed by atoms with Gasteiger partial charge in [0.15, 0.2) is 11.0 Å². The second-order valence-corrected chi connectivity index (χ2v) is 12.9. The second kappa shape index (κ2) is 13.2. The Bertz CT molecular complexity index is 1720. The van der Waals surface area contributed by atoms with Gasteiger partial charge in [-0.1, -0.05) is 68.4 Å². The Hall–Kier alpha value is -4.32. The molecule has 2 unspecified atom stereocenters. The summed E-state index contributed by atoms with van der Waals surface area (Å²) in [6, 6.07) is 19.4. The molecule has 2 amide bonds. The minimum atomic E-state index is -4.75. The molecule has 6 rings (SSSR count). The maximum atomic E-state index is 13.2. The Labute approximate surface area is 270 Å². The Morgan fingerprint density at radius 2 is 1.83 bits per heavy atom. The zero-order valence-electron chi connectivity index (χ0n) is 25.8. The summed E-state index contributed by atoms with van der Waals surface area (Å²) in [5.74, 6) is 1.59. The maximum Gasteiger partial charge on any atom is 0.573 e. The number of alkyl halides is 3. The number of nitrogens with zero attached hydrogens (tertiary/aromatic N) is 5. The molecule has 1 saturated carbocycles. The SMILES string of the molecule is Cc1cccc(N2CCSC2=NC(=O)NC2CCCC2c2ccc(-c3ncn(-c4ccc(OC(F)(F)F)cc4)n3)cc2)c1C(C)C. The minimum absolute atomic E-state index is 0.0191. The van der Waals surface area contributed by atoms with E-state index in [1.54, 1.807) is 11.8 Å². The molecule has 46 heavy (non-hydrogen) atoms. The summed E-state index contributed by atoms with van der Waals surface area (Å²) in [7, 11) is 0. The van der Waals surface area contributed by atoms with Crippen LogP contribution in [0.5, 0.6) is 5.75 Å². The molecule has 1 aliphatic carbocycles. The quantitative estimate of drug-likeness (QED) is 0.217. The normalized spacial score (nSPS) is 19.3. The number of benzene rings is 3. The second-order valence-electron chi connectivity index (χ2n) is 11.8. The van der Waals surface area contributed by atoms with Crippen LogP contribution in [0.3, 0.4) is 0 Å². The van der Waals surface area contributed by atoms with Crippen molar-refractivity contribution in [3.63, 3.8) is 0 Å². The van der Waals surface area contributed by atoms with Gasteiger partial charge in [-0.25, -0.2) is 14.5 Å². The zero-order valence-corrected chi connectivity index (χ0v) is 26.6. The topological polar surface area (TPSA) is 84.6 Å². The highest BCUT2D eigenvalue weighted by atomic mass is 32.2. The summed E-state index contributed by atoms with van der Waals surface area (Å²) in [5, 5.41) is 8.43. The molecule has 4 aromatic rings. The molecule has 1 N–H and O–H groups in total. The van der Waals surface area contributed by atoms with Crippen molar-refractivity contribution in [2.24, 2.45) is 4.99 Å². The summed E-state index contributed by atoms with van der Waals surface area (Å²) in [6.07, 6.45) is -0.380. The lowest BCUT2D eigenvalue weighted by Gasteiger charge is -2.25. The van der Waals surface area contributed by atoms with Crippen LogP contribution in [-0.4, -0.2) is 50.7 Å².